The predicted molar refractivity (Wildman–Crippen MR) is 152 cm³/mol. The normalized spacial score (nSPS) is 16.3. The highest BCUT2D eigenvalue weighted by atomic mass is 16.5. The summed E-state index contributed by atoms with van der Waals surface area (Å²) >= 11 is 0. The molecule has 0 saturated carbocycles. The lowest BCUT2D eigenvalue weighted by Crippen LogP contribution is -2.31. The molecule has 0 radical (unpaired) electrons. The molecule has 3 aromatic carbocycles. The van der Waals surface area contributed by atoms with Gasteiger partial charge >= 0.3 is 5.97 Å². The molecule has 39 heavy (non-hydrogen) atoms. The number of hydrogen-bond donors (Lipinski definition) is 1. The number of carbonyl (C=O) groups excluding carboxylic acids is 2. The molecule has 3 aromatic rings. The van der Waals surface area contributed by atoms with Crippen molar-refractivity contribution in [1.29, 1.82) is 0 Å². The molecular formula is C32H34N2O5. The number of fused-ring (bicyclic) bond motifs is 3. The van der Waals surface area contributed by atoms with Gasteiger partial charge in [0.15, 0.2) is 11.5 Å². The van der Waals surface area contributed by atoms with E-state index in [1.165, 1.54) is 19.6 Å². The van der Waals surface area contributed by atoms with Crippen LogP contribution in [0.4, 0.5) is 5.69 Å². The molecule has 2 aliphatic rings. The lowest BCUT2D eigenvalue weighted by molar-refractivity contribution is -0.114. The van der Waals surface area contributed by atoms with Crippen LogP contribution in [-0.4, -0.2) is 44.0 Å². The fourth-order valence-electron chi connectivity index (χ4n) is 5.50. The Morgan fingerprint density at radius 1 is 0.974 bits per heavy atom. The molecule has 202 valence electrons. The van der Waals surface area contributed by atoms with Gasteiger partial charge in [-0.15, -0.1) is 0 Å². The third kappa shape index (κ3) is 4.78. The third-order valence-corrected chi connectivity index (χ3v) is 7.36. The topological polar surface area (TPSA) is 86.2 Å². The molecule has 5 rings (SSSR count). The molecule has 0 unspecified atom stereocenters. The molecule has 7 heteroatoms. The molecule has 0 atom stereocenters. The number of benzene rings is 3. The van der Waals surface area contributed by atoms with E-state index in [1.807, 2.05) is 36.4 Å². The number of hydrogen-bond acceptors (Lipinski definition) is 6. The van der Waals surface area contributed by atoms with Gasteiger partial charge in [-0.1, -0.05) is 32.0 Å². The summed E-state index contributed by atoms with van der Waals surface area (Å²) in [6.45, 7) is 10.6. The van der Waals surface area contributed by atoms with Gasteiger partial charge in [-0.05, 0) is 60.9 Å². The van der Waals surface area contributed by atoms with Crippen molar-refractivity contribution in [3.63, 3.8) is 0 Å². The SMILES string of the molecule is COC(=O)c1ccc(C2=NCC(C)(C)c3cc(OC)c4c(c32)CC(C)(C)O4)cc1-c1ccc(NC(C)=O)cc1. The second-order valence-electron chi connectivity index (χ2n) is 11.4. The summed E-state index contributed by atoms with van der Waals surface area (Å²) in [6.07, 6.45) is 0.731. The Bertz CT molecular complexity index is 1520. The van der Waals surface area contributed by atoms with E-state index in [0.29, 0.717) is 17.8 Å². The molecule has 1 amide bonds. The number of ether oxygens (including phenoxy) is 3. The van der Waals surface area contributed by atoms with Crippen LogP contribution in [0.1, 0.15) is 67.2 Å². The van der Waals surface area contributed by atoms with Crippen LogP contribution in [0.15, 0.2) is 53.5 Å². The van der Waals surface area contributed by atoms with E-state index in [2.05, 4.69) is 39.1 Å². The predicted octanol–water partition coefficient (Wildman–Crippen LogP) is 5.95. The fraction of sp³-hybridized carbons (Fsp3) is 0.344. The number of anilines is 1. The number of esters is 1. The number of amides is 1. The van der Waals surface area contributed by atoms with E-state index in [1.54, 1.807) is 13.2 Å². The van der Waals surface area contributed by atoms with E-state index in [4.69, 9.17) is 19.2 Å². The van der Waals surface area contributed by atoms with Crippen molar-refractivity contribution in [3.05, 3.63) is 76.3 Å². The smallest absolute Gasteiger partial charge is 0.338 e. The van der Waals surface area contributed by atoms with Crippen molar-refractivity contribution in [1.82, 2.24) is 0 Å². The third-order valence-electron chi connectivity index (χ3n) is 7.36. The summed E-state index contributed by atoms with van der Waals surface area (Å²) in [4.78, 5) is 29.3. The average molecular weight is 527 g/mol. The van der Waals surface area contributed by atoms with Crippen molar-refractivity contribution >= 4 is 23.3 Å². The van der Waals surface area contributed by atoms with Gasteiger partial charge in [0.25, 0.3) is 0 Å². The zero-order chi connectivity index (χ0) is 28.1. The van der Waals surface area contributed by atoms with Crippen molar-refractivity contribution in [2.45, 2.75) is 52.1 Å². The Morgan fingerprint density at radius 2 is 1.67 bits per heavy atom. The minimum absolute atomic E-state index is 0.145. The largest absolute Gasteiger partial charge is 0.493 e. The van der Waals surface area contributed by atoms with E-state index in [9.17, 15) is 9.59 Å². The van der Waals surface area contributed by atoms with Crippen LogP contribution >= 0.6 is 0 Å². The molecule has 2 heterocycles. The molecule has 0 bridgehead atoms. The lowest BCUT2D eigenvalue weighted by Gasteiger charge is -2.33. The average Bonchev–Trinajstić information content (AvgIpc) is 3.22. The van der Waals surface area contributed by atoms with Crippen LogP contribution in [0, 0.1) is 0 Å². The second-order valence-corrected chi connectivity index (χ2v) is 11.4. The maximum Gasteiger partial charge on any atom is 0.338 e. The van der Waals surface area contributed by atoms with Crippen LogP contribution in [0.5, 0.6) is 11.5 Å². The Kier molecular flexibility index (Phi) is 6.49. The number of rotatable bonds is 5. The second kappa shape index (κ2) is 9.56. The van der Waals surface area contributed by atoms with Crippen molar-refractivity contribution in [2.75, 3.05) is 26.1 Å². The summed E-state index contributed by atoms with van der Waals surface area (Å²) in [5.74, 6) is 0.944. The maximum absolute atomic E-state index is 12.7. The first-order valence-corrected chi connectivity index (χ1v) is 13.0. The number of methoxy groups -OCH3 is 2. The molecule has 0 spiro atoms. The first kappa shape index (κ1) is 26.5. The number of nitrogens with one attached hydrogen (secondary N) is 1. The minimum atomic E-state index is -0.421. The van der Waals surface area contributed by atoms with Gasteiger partial charge in [0, 0.05) is 47.7 Å². The van der Waals surface area contributed by atoms with Gasteiger partial charge in [-0.25, -0.2) is 4.79 Å². The molecule has 0 aromatic heterocycles. The Morgan fingerprint density at radius 3 is 2.31 bits per heavy atom. The summed E-state index contributed by atoms with van der Waals surface area (Å²) in [7, 11) is 3.05. The van der Waals surface area contributed by atoms with E-state index in [-0.39, 0.29) is 16.9 Å². The Balaban J connectivity index is 1.69. The first-order valence-electron chi connectivity index (χ1n) is 13.0. The van der Waals surface area contributed by atoms with Crippen LogP contribution in [-0.2, 0) is 21.4 Å². The summed E-state index contributed by atoms with van der Waals surface area (Å²) in [5, 5.41) is 2.78. The Labute approximate surface area is 229 Å². The van der Waals surface area contributed by atoms with Gasteiger partial charge < -0.3 is 19.5 Å². The Hall–Kier alpha value is -4.13. The zero-order valence-corrected chi connectivity index (χ0v) is 23.5. The number of nitrogens with zero attached hydrogens (tertiary/aromatic N) is 1. The first-order chi connectivity index (χ1) is 18.4. The van der Waals surface area contributed by atoms with Crippen LogP contribution in [0.3, 0.4) is 0 Å². The highest BCUT2D eigenvalue weighted by molar-refractivity contribution is 6.17. The molecule has 0 aliphatic carbocycles. The van der Waals surface area contributed by atoms with Crippen LogP contribution in [0.25, 0.3) is 11.1 Å². The summed E-state index contributed by atoms with van der Waals surface area (Å²) in [5.41, 5.74) is 7.24. The molecular weight excluding hydrogens is 492 g/mol. The molecule has 2 aliphatic heterocycles. The van der Waals surface area contributed by atoms with Gasteiger partial charge in [-0.3, -0.25) is 9.79 Å². The van der Waals surface area contributed by atoms with Gasteiger partial charge in [-0.2, -0.15) is 0 Å². The number of aliphatic imine (C=N–C) groups is 1. The standard InChI is InChI=1S/C32H34N2O5/c1-18(35)34-21-11-8-19(9-12-21)23-14-20(10-13-22(23)30(36)38-7)28-27-24-16-32(4,5)39-29(24)26(37-6)15-25(27)31(2,3)17-33-28/h8-15H,16-17H2,1-7H3,(H,34,35). The summed E-state index contributed by atoms with van der Waals surface area (Å²) in [6, 6.07) is 15.2. The van der Waals surface area contributed by atoms with Gasteiger partial charge in [0.2, 0.25) is 5.91 Å². The molecule has 0 fully saturated rings. The zero-order valence-electron chi connectivity index (χ0n) is 23.5. The maximum atomic E-state index is 12.7. The van der Waals surface area contributed by atoms with Crippen LogP contribution in [0.2, 0.25) is 0 Å². The minimum Gasteiger partial charge on any atom is -0.493 e. The molecule has 7 nitrogen and oxygen atoms in total. The van der Waals surface area contributed by atoms with Crippen molar-refractivity contribution in [3.8, 4) is 22.6 Å². The van der Waals surface area contributed by atoms with Gasteiger partial charge in [0.05, 0.1) is 25.5 Å². The molecule has 0 saturated heterocycles. The van der Waals surface area contributed by atoms with E-state index in [0.717, 1.165) is 51.4 Å². The molecule has 1 N–H and O–H groups in total. The fourth-order valence-corrected chi connectivity index (χ4v) is 5.50. The quantitative estimate of drug-likeness (QED) is 0.415. The summed E-state index contributed by atoms with van der Waals surface area (Å²) < 4.78 is 17.2. The van der Waals surface area contributed by atoms with Crippen LogP contribution < -0.4 is 14.8 Å². The monoisotopic (exact) mass is 526 g/mol. The number of carbonyl (C=O) groups is 2. The highest BCUT2D eigenvalue weighted by Gasteiger charge is 2.41. The van der Waals surface area contributed by atoms with E-state index < -0.39 is 5.97 Å². The van der Waals surface area contributed by atoms with Crippen molar-refractivity contribution < 1.29 is 23.8 Å². The highest BCUT2D eigenvalue weighted by Crippen LogP contribution is 2.49. The lowest BCUT2D eigenvalue weighted by atomic mass is 9.74. The van der Waals surface area contributed by atoms with Gasteiger partial charge in [0.1, 0.15) is 5.60 Å². The van der Waals surface area contributed by atoms with E-state index >= 15 is 0 Å². The van der Waals surface area contributed by atoms with Crippen molar-refractivity contribution in [2.24, 2.45) is 4.99 Å².